The first-order valence-electron chi connectivity index (χ1n) is 8.62. The molecule has 0 spiro atoms. The van der Waals surface area contributed by atoms with Crippen LogP contribution in [0.3, 0.4) is 0 Å². The van der Waals surface area contributed by atoms with Gasteiger partial charge in [-0.05, 0) is 43.9 Å². The topological polar surface area (TPSA) is 61.4 Å². The Morgan fingerprint density at radius 3 is 2.92 bits per heavy atom. The zero-order valence-corrected chi connectivity index (χ0v) is 14.7. The predicted octanol–water partition coefficient (Wildman–Crippen LogP) is 2.04. The Kier molecular flexibility index (Phi) is 7.06. The van der Waals surface area contributed by atoms with Gasteiger partial charge in [0.2, 0.25) is 11.8 Å². The third-order valence-electron chi connectivity index (χ3n) is 4.67. The Morgan fingerprint density at radius 1 is 1.29 bits per heavy atom. The fraction of sp³-hybridized carbons (Fsp3) is 0.556. The van der Waals surface area contributed by atoms with Crippen molar-refractivity contribution < 1.29 is 9.59 Å². The molecule has 1 atom stereocenters. The van der Waals surface area contributed by atoms with Gasteiger partial charge >= 0.3 is 0 Å². The summed E-state index contributed by atoms with van der Waals surface area (Å²) >= 11 is 0. The molecule has 6 heteroatoms. The number of anilines is 1. The summed E-state index contributed by atoms with van der Waals surface area (Å²) in [4.78, 5) is 26.0. The predicted molar refractivity (Wildman–Crippen MR) is 97.6 cm³/mol. The summed E-state index contributed by atoms with van der Waals surface area (Å²) < 4.78 is 0. The highest BCUT2D eigenvalue weighted by molar-refractivity contribution is 5.95. The highest BCUT2D eigenvalue weighted by atomic mass is 35.5. The molecule has 24 heavy (non-hydrogen) atoms. The van der Waals surface area contributed by atoms with E-state index in [9.17, 15) is 9.59 Å². The van der Waals surface area contributed by atoms with Gasteiger partial charge in [0.05, 0.1) is 0 Å². The van der Waals surface area contributed by atoms with Crippen molar-refractivity contribution in [2.75, 3.05) is 24.5 Å². The molecule has 2 heterocycles. The largest absolute Gasteiger partial charge is 0.356 e. The second kappa shape index (κ2) is 9.04. The molecular formula is C18H26ClN3O2. The maximum atomic E-state index is 12.3. The van der Waals surface area contributed by atoms with Crippen LogP contribution in [-0.2, 0) is 16.0 Å². The van der Waals surface area contributed by atoms with Crippen molar-refractivity contribution >= 4 is 29.9 Å². The highest BCUT2D eigenvalue weighted by Gasteiger charge is 2.23. The molecule has 2 N–H and O–H groups in total. The Bertz CT molecular complexity index is 573. The van der Waals surface area contributed by atoms with Crippen molar-refractivity contribution in [1.29, 1.82) is 0 Å². The number of nitrogens with zero attached hydrogens (tertiary/aromatic N) is 1. The average molecular weight is 352 g/mol. The van der Waals surface area contributed by atoms with Crippen LogP contribution in [-0.4, -0.2) is 37.5 Å². The van der Waals surface area contributed by atoms with Crippen molar-refractivity contribution in [3.8, 4) is 0 Å². The summed E-state index contributed by atoms with van der Waals surface area (Å²) in [5.41, 5.74) is 2.30. The minimum absolute atomic E-state index is 0. The fourth-order valence-corrected chi connectivity index (χ4v) is 3.43. The van der Waals surface area contributed by atoms with E-state index in [-0.39, 0.29) is 24.2 Å². The van der Waals surface area contributed by atoms with E-state index in [1.807, 2.05) is 23.1 Å². The first-order chi connectivity index (χ1) is 11.2. The molecule has 0 radical (unpaired) electrons. The second-order valence-corrected chi connectivity index (χ2v) is 6.37. The van der Waals surface area contributed by atoms with E-state index in [0.717, 1.165) is 38.0 Å². The van der Waals surface area contributed by atoms with E-state index in [2.05, 4.69) is 16.7 Å². The molecule has 1 aromatic rings. The quantitative estimate of drug-likeness (QED) is 0.771. The number of para-hydroxylation sites is 1. The summed E-state index contributed by atoms with van der Waals surface area (Å²) in [7, 11) is 0. The van der Waals surface area contributed by atoms with Crippen molar-refractivity contribution in [3.05, 3.63) is 29.8 Å². The van der Waals surface area contributed by atoms with Crippen LogP contribution in [0, 0.1) is 0 Å². The molecule has 0 aliphatic carbocycles. The van der Waals surface area contributed by atoms with Crippen LogP contribution in [0.2, 0.25) is 0 Å². The summed E-state index contributed by atoms with van der Waals surface area (Å²) in [5.74, 6) is 0.241. The summed E-state index contributed by atoms with van der Waals surface area (Å²) in [5, 5.41) is 6.25. The van der Waals surface area contributed by atoms with Crippen LogP contribution in [0.1, 0.15) is 37.7 Å². The van der Waals surface area contributed by atoms with Crippen molar-refractivity contribution in [2.24, 2.45) is 0 Å². The summed E-state index contributed by atoms with van der Waals surface area (Å²) in [6, 6.07) is 8.41. The number of amides is 2. The second-order valence-electron chi connectivity index (χ2n) is 6.37. The van der Waals surface area contributed by atoms with Crippen LogP contribution in [0.5, 0.6) is 0 Å². The van der Waals surface area contributed by atoms with Crippen molar-refractivity contribution in [1.82, 2.24) is 10.6 Å². The number of carbonyl (C=O) groups excluding carboxylic acids is 2. The van der Waals surface area contributed by atoms with Gasteiger partial charge in [0.1, 0.15) is 0 Å². The van der Waals surface area contributed by atoms with Gasteiger partial charge in [0.25, 0.3) is 0 Å². The molecule has 3 rings (SSSR count). The number of rotatable bonds is 6. The first kappa shape index (κ1) is 18.7. The molecule has 0 aromatic heterocycles. The molecule has 0 bridgehead atoms. The van der Waals surface area contributed by atoms with E-state index in [1.54, 1.807) is 0 Å². The molecule has 2 aliphatic rings. The Labute approximate surface area is 149 Å². The van der Waals surface area contributed by atoms with Gasteiger partial charge in [-0.2, -0.15) is 0 Å². The standard InChI is InChI=1S/C18H25N3O2.ClH/c22-17(13-15-6-3-10-19-15)20-11-4-8-18(23)21-12-9-14-5-1-2-7-16(14)21;/h1-2,5,7,15,19H,3-4,6,8-13H2,(H,20,22);1H. The molecular weight excluding hydrogens is 326 g/mol. The van der Waals surface area contributed by atoms with Crippen LogP contribution < -0.4 is 15.5 Å². The number of fused-ring (bicyclic) bond motifs is 1. The summed E-state index contributed by atoms with van der Waals surface area (Å²) in [6.45, 7) is 2.37. The van der Waals surface area contributed by atoms with Crippen molar-refractivity contribution in [3.63, 3.8) is 0 Å². The first-order valence-corrected chi connectivity index (χ1v) is 8.62. The van der Waals surface area contributed by atoms with E-state index in [1.165, 1.54) is 5.56 Å². The minimum atomic E-state index is 0. The molecule has 132 valence electrons. The number of benzene rings is 1. The van der Waals surface area contributed by atoms with Crippen LogP contribution in [0.4, 0.5) is 5.69 Å². The minimum Gasteiger partial charge on any atom is -0.356 e. The smallest absolute Gasteiger partial charge is 0.227 e. The maximum Gasteiger partial charge on any atom is 0.227 e. The van der Waals surface area contributed by atoms with Crippen LogP contribution >= 0.6 is 12.4 Å². The lowest BCUT2D eigenvalue weighted by atomic mass is 10.1. The zero-order valence-electron chi connectivity index (χ0n) is 13.9. The third-order valence-corrected chi connectivity index (χ3v) is 4.67. The van der Waals surface area contributed by atoms with Gasteiger partial charge < -0.3 is 15.5 Å². The monoisotopic (exact) mass is 351 g/mol. The highest BCUT2D eigenvalue weighted by Crippen LogP contribution is 2.27. The Morgan fingerprint density at radius 2 is 2.12 bits per heavy atom. The van der Waals surface area contributed by atoms with Gasteiger partial charge in [-0.15, -0.1) is 12.4 Å². The fourth-order valence-electron chi connectivity index (χ4n) is 3.43. The van der Waals surface area contributed by atoms with E-state index < -0.39 is 0 Å². The number of carbonyl (C=O) groups is 2. The number of nitrogens with one attached hydrogen (secondary N) is 2. The molecule has 1 fully saturated rings. The third kappa shape index (κ3) is 4.71. The Hall–Kier alpha value is -1.59. The van der Waals surface area contributed by atoms with Gasteiger partial charge in [-0.25, -0.2) is 0 Å². The number of hydrogen-bond donors (Lipinski definition) is 2. The molecule has 1 aromatic carbocycles. The van der Waals surface area contributed by atoms with Gasteiger partial charge in [0.15, 0.2) is 0 Å². The zero-order chi connectivity index (χ0) is 16.1. The van der Waals surface area contributed by atoms with Gasteiger partial charge in [-0.1, -0.05) is 18.2 Å². The van der Waals surface area contributed by atoms with Gasteiger partial charge in [0, 0.05) is 37.7 Å². The van der Waals surface area contributed by atoms with Gasteiger partial charge in [-0.3, -0.25) is 9.59 Å². The lowest BCUT2D eigenvalue weighted by Gasteiger charge is -2.17. The summed E-state index contributed by atoms with van der Waals surface area (Å²) in [6.07, 6.45) is 4.90. The lowest BCUT2D eigenvalue weighted by Crippen LogP contribution is -2.33. The normalized spacial score (nSPS) is 18.8. The molecule has 0 saturated carbocycles. The average Bonchev–Trinajstić information content (AvgIpc) is 3.20. The molecule has 1 saturated heterocycles. The number of hydrogen-bond acceptors (Lipinski definition) is 3. The Balaban J connectivity index is 0.00000208. The van der Waals surface area contributed by atoms with Crippen molar-refractivity contribution in [2.45, 2.75) is 44.6 Å². The molecule has 1 unspecified atom stereocenters. The lowest BCUT2D eigenvalue weighted by molar-refractivity contribution is -0.122. The number of halogens is 1. The van der Waals surface area contributed by atoms with Crippen LogP contribution in [0.15, 0.2) is 24.3 Å². The molecule has 5 nitrogen and oxygen atoms in total. The SMILES string of the molecule is Cl.O=C(CC1CCCN1)NCCCC(=O)N1CCc2ccccc21. The van der Waals surface area contributed by atoms with E-state index >= 15 is 0 Å². The maximum absolute atomic E-state index is 12.3. The van der Waals surface area contributed by atoms with E-state index in [4.69, 9.17) is 0 Å². The molecule has 2 amide bonds. The molecule has 2 aliphatic heterocycles. The van der Waals surface area contributed by atoms with E-state index in [0.29, 0.717) is 31.8 Å². The van der Waals surface area contributed by atoms with Crippen LogP contribution in [0.25, 0.3) is 0 Å².